The second kappa shape index (κ2) is 10.4. The van der Waals surface area contributed by atoms with E-state index in [9.17, 15) is 4.79 Å². The van der Waals surface area contributed by atoms with Gasteiger partial charge in [-0.05, 0) is 17.7 Å². The van der Waals surface area contributed by atoms with Crippen LogP contribution in [0.4, 0.5) is 0 Å². The van der Waals surface area contributed by atoms with Crippen molar-refractivity contribution in [1.29, 1.82) is 0 Å². The molecule has 2 heterocycles. The number of amides is 1. The first-order valence-corrected chi connectivity index (χ1v) is 12.4. The zero-order chi connectivity index (χ0) is 25.1. The number of nitrogens with one attached hydrogen (secondary N) is 1. The Labute approximate surface area is 216 Å². The van der Waals surface area contributed by atoms with E-state index in [-0.39, 0.29) is 11.7 Å². The lowest BCUT2D eigenvalue weighted by Gasteiger charge is -2.11. The summed E-state index contributed by atoms with van der Waals surface area (Å²) in [6, 6.07) is 20.8. The van der Waals surface area contributed by atoms with Gasteiger partial charge >= 0.3 is 0 Å². The molecule has 5 aromatic rings. The molecular formula is C26H22ClN5O3S. The summed E-state index contributed by atoms with van der Waals surface area (Å²) in [5.41, 5.74) is 3.00. The van der Waals surface area contributed by atoms with Gasteiger partial charge in [-0.2, -0.15) is 4.52 Å². The van der Waals surface area contributed by atoms with Gasteiger partial charge in [-0.1, -0.05) is 71.9 Å². The minimum absolute atomic E-state index is 0.145. The van der Waals surface area contributed by atoms with Crippen LogP contribution in [0.3, 0.4) is 0 Å². The highest BCUT2D eigenvalue weighted by atomic mass is 35.5. The minimum atomic E-state index is -0.148. The zero-order valence-electron chi connectivity index (χ0n) is 19.6. The van der Waals surface area contributed by atoms with E-state index in [1.807, 2.05) is 54.6 Å². The largest absolute Gasteiger partial charge is 0.493 e. The monoisotopic (exact) mass is 519 g/mol. The van der Waals surface area contributed by atoms with E-state index in [0.717, 1.165) is 16.5 Å². The SMILES string of the molecule is COc1cc2nc(SCC(=O)NCc3ccccc3Cl)n3nc(-c4ccccc4)nc3c2cc1OC. The number of thioether (sulfide) groups is 1. The molecule has 1 N–H and O–H groups in total. The van der Waals surface area contributed by atoms with Crippen LogP contribution in [0.25, 0.3) is 27.9 Å². The Morgan fingerprint density at radius 3 is 2.47 bits per heavy atom. The topological polar surface area (TPSA) is 90.6 Å². The van der Waals surface area contributed by atoms with Crippen LogP contribution in [0, 0.1) is 0 Å². The molecule has 0 saturated heterocycles. The summed E-state index contributed by atoms with van der Waals surface area (Å²) in [5, 5.41) is 9.53. The van der Waals surface area contributed by atoms with Crippen LogP contribution in [0.5, 0.6) is 11.5 Å². The number of nitrogens with zero attached hydrogens (tertiary/aromatic N) is 4. The van der Waals surface area contributed by atoms with Crippen LogP contribution in [0.2, 0.25) is 5.02 Å². The fraction of sp³-hybridized carbons (Fsp3) is 0.154. The van der Waals surface area contributed by atoms with Gasteiger partial charge in [-0.25, -0.2) is 9.97 Å². The van der Waals surface area contributed by atoms with Crippen molar-refractivity contribution in [3.05, 3.63) is 77.3 Å². The van der Waals surface area contributed by atoms with E-state index in [1.165, 1.54) is 11.8 Å². The molecule has 1 amide bonds. The summed E-state index contributed by atoms with van der Waals surface area (Å²) in [6.07, 6.45) is 0. The van der Waals surface area contributed by atoms with Gasteiger partial charge in [0.25, 0.3) is 0 Å². The van der Waals surface area contributed by atoms with E-state index in [1.54, 1.807) is 30.9 Å². The predicted molar refractivity (Wildman–Crippen MR) is 141 cm³/mol. The van der Waals surface area contributed by atoms with Gasteiger partial charge in [0.05, 0.1) is 25.5 Å². The Hall–Kier alpha value is -3.82. The number of methoxy groups -OCH3 is 2. The molecule has 0 aliphatic heterocycles. The van der Waals surface area contributed by atoms with E-state index < -0.39 is 0 Å². The number of aromatic nitrogens is 4. The fourth-order valence-corrected chi connectivity index (χ4v) is 4.71. The summed E-state index contributed by atoms with van der Waals surface area (Å²) in [5.74, 6) is 1.68. The molecule has 0 radical (unpaired) electrons. The maximum Gasteiger partial charge on any atom is 0.230 e. The van der Waals surface area contributed by atoms with Crippen LogP contribution in [0.15, 0.2) is 71.9 Å². The highest BCUT2D eigenvalue weighted by molar-refractivity contribution is 7.99. The Morgan fingerprint density at radius 1 is 1.00 bits per heavy atom. The van der Waals surface area contributed by atoms with Crippen molar-refractivity contribution in [1.82, 2.24) is 24.9 Å². The zero-order valence-corrected chi connectivity index (χ0v) is 21.1. The molecule has 0 aliphatic carbocycles. The number of halogens is 1. The second-order valence-corrected chi connectivity index (χ2v) is 9.16. The van der Waals surface area contributed by atoms with Crippen LogP contribution >= 0.6 is 23.4 Å². The molecule has 0 spiro atoms. The van der Waals surface area contributed by atoms with Gasteiger partial charge < -0.3 is 14.8 Å². The van der Waals surface area contributed by atoms with Crippen molar-refractivity contribution >= 4 is 45.8 Å². The maximum atomic E-state index is 12.6. The molecule has 0 bridgehead atoms. The highest BCUT2D eigenvalue weighted by Crippen LogP contribution is 2.35. The molecule has 3 aromatic carbocycles. The van der Waals surface area contributed by atoms with Gasteiger partial charge in [0.2, 0.25) is 5.91 Å². The van der Waals surface area contributed by atoms with E-state index in [0.29, 0.717) is 45.2 Å². The second-order valence-electron chi connectivity index (χ2n) is 7.81. The molecule has 0 atom stereocenters. The van der Waals surface area contributed by atoms with Crippen molar-refractivity contribution in [3.63, 3.8) is 0 Å². The summed E-state index contributed by atoms with van der Waals surface area (Å²) >= 11 is 7.47. The fourth-order valence-electron chi connectivity index (χ4n) is 3.73. The molecule has 36 heavy (non-hydrogen) atoms. The standard InChI is InChI=1S/C26H22ClN5O3S/c1-34-21-12-18-20(13-22(21)35-2)29-26(32-25(18)30-24(31-32)16-8-4-3-5-9-16)36-15-23(33)28-14-17-10-6-7-11-19(17)27/h3-13H,14-15H2,1-2H3,(H,28,33). The molecule has 5 rings (SSSR count). The number of carbonyl (C=O) groups is 1. The van der Waals surface area contributed by atoms with Crippen LogP contribution < -0.4 is 14.8 Å². The van der Waals surface area contributed by atoms with Gasteiger partial charge in [0, 0.05) is 28.6 Å². The predicted octanol–water partition coefficient (Wildman–Crippen LogP) is 5.02. The number of hydrogen-bond acceptors (Lipinski definition) is 7. The first-order chi connectivity index (χ1) is 17.6. The summed E-state index contributed by atoms with van der Waals surface area (Å²) in [6.45, 7) is 0.345. The third kappa shape index (κ3) is 4.80. The number of fused-ring (bicyclic) bond motifs is 3. The van der Waals surface area contributed by atoms with E-state index in [4.69, 9.17) is 36.1 Å². The molecule has 0 unspecified atom stereocenters. The molecule has 8 nitrogen and oxygen atoms in total. The third-order valence-electron chi connectivity index (χ3n) is 5.55. The number of benzene rings is 3. The van der Waals surface area contributed by atoms with Crippen molar-refractivity contribution < 1.29 is 14.3 Å². The van der Waals surface area contributed by atoms with E-state index >= 15 is 0 Å². The van der Waals surface area contributed by atoms with Gasteiger partial charge in [0.15, 0.2) is 28.1 Å². The smallest absolute Gasteiger partial charge is 0.230 e. The lowest BCUT2D eigenvalue weighted by Crippen LogP contribution is -2.24. The molecule has 0 saturated carbocycles. The normalized spacial score (nSPS) is 11.1. The summed E-state index contributed by atoms with van der Waals surface area (Å²) in [4.78, 5) is 22.2. The number of hydrogen-bond donors (Lipinski definition) is 1. The van der Waals surface area contributed by atoms with Crippen LogP contribution in [0.1, 0.15) is 5.56 Å². The average molecular weight is 520 g/mol. The number of rotatable bonds is 8. The van der Waals surface area contributed by atoms with Crippen LogP contribution in [-0.2, 0) is 11.3 Å². The molecular weight excluding hydrogens is 498 g/mol. The third-order valence-corrected chi connectivity index (χ3v) is 6.84. The Balaban J connectivity index is 1.49. The minimum Gasteiger partial charge on any atom is -0.493 e. The average Bonchev–Trinajstić information content (AvgIpc) is 3.37. The Morgan fingerprint density at radius 2 is 1.72 bits per heavy atom. The van der Waals surface area contributed by atoms with Gasteiger partial charge in [0.1, 0.15) is 0 Å². The Bertz CT molecular complexity index is 1560. The first-order valence-electron chi connectivity index (χ1n) is 11.1. The number of ether oxygens (including phenoxy) is 2. The summed E-state index contributed by atoms with van der Waals surface area (Å²) in [7, 11) is 3.16. The molecule has 0 fully saturated rings. The van der Waals surface area contributed by atoms with Crippen molar-refractivity contribution in [2.24, 2.45) is 0 Å². The molecule has 182 valence electrons. The van der Waals surface area contributed by atoms with Crippen LogP contribution in [-0.4, -0.2) is 45.5 Å². The lowest BCUT2D eigenvalue weighted by molar-refractivity contribution is -0.118. The molecule has 0 aliphatic rings. The summed E-state index contributed by atoms with van der Waals surface area (Å²) < 4.78 is 12.6. The van der Waals surface area contributed by atoms with Crippen molar-refractivity contribution in [2.45, 2.75) is 11.7 Å². The molecule has 10 heteroatoms. The van der Waals surface area contributed by atoms with Crippen molar-refractivity contribution in [3.8, 4) is 22.9 Å². The maximum absolute atomic E-state index is 12.6. The van der Waals surface area contributed by atoms with E-state index in [2.05, 4.69) is 5.32 Å². The van der Waals surface area contributed by atoms with Crippen molar-refractivity contribution in [2.75, 3.05) is 20.0 Å². The quantitative estimate of drug-likeness (QED) is 0.227. The highest BCUT2D eigenvalue weighted by Gasteiger charge is 2.18. The number of carbonyl (C=O) groups excluding carboxylic acids is 1. The molecule has 2 aromatic heterocycles. The Kier molecular flexibility index (Phi) is 6.92. The van der Waals surface area contributed by atoms with Gasteiger partial charge in [-0.15, -0.1) is 5.10 Å². The first kappa shape index (κ1) is 23.9. The van der Waals surface area contributed by atoms with Gasteiger partial charge in [-0.3, -0.25) is 4.79 Å². The lowest BCUT2D eigenvalue weighted by atomic mass is 10.2.